The molecule has 34 heavy (non-hydrogen) atoms. The average molecular weight is 460 g/mol. The predicted octanol–water partition coefficient (Wildman–Crippen LogP) is 3.42. The Kier molecular flexibility index (Phi) is 6.03. The number of carbonyl (C=O) groups is 1. The van der Waals surface area contributed by atoms with Gasteiger partial charge in [0.05, 0.1) is 29.7 Å². The van der Waals surface area contributed by atoms with Gasteiger partial charge in [-0.15, -0.1) is 0 Å². The smallest absolute Gasteiger partial charge is 0.240 e. The zero-order chi connectivity index (χ0) is 23.7. The third kappa shape index (κ3) is 4.27. The molecule has 2 heterocycles. The molecule has 0 radical (unpaired) electrons. The van der Waals surface area contributed by atoms with Crippen molar-refractivity contribution >= 4 is 5.91 Å². The molecular formula is C26H26FN5O2. The summed E-state index contributed by atoms with van der Waals surface area (Å²) in [5.74, 6) is -0.210. The first-order chi connectivity index (χ1) is 16.5. The van der Waals surface area contributed by atoms with Crippen LogP contribution in [0.15, 0.2) is 48.9 Å². The molecule has 5 rings (SSSR count). The van der Waals surface area contributed by atoms with Crippen LogP contribution in [0.25, 0.3) is 0 Å². The van der Waals surface area contributed by atoms with Crippen LogP contribution < -0.4 is 5.32 Å². The van der Waals surface area contributed by atoms with Crippen molar-refractivity contribution in [2.75, 3.05) is 6.54 Å². The van der Waals surface area contributed by atoms with Gasteiger partial charge in [0.1, 0.15) is 17.6 Å². The highest BCUT2D eigenvalue weighted by Crippen LogP contribution is 2.38. The maximum absolute atomic E-state index is 14.0. The summed E-state index contributed by atoms with van der Waals surface area (Å²) in [7, 11) is 0. The minimum Gasteiger partial charge on any atom is -0.508 e. The molecule has 0 spiro atoms. The van der Waals surface area contributed by atoms with Gasteiger partial charge in [0.15, 0.2) is 0 Å². The number of aromatic nitrogens is 2. The molecule has 3 aromatic rings. The number of nitriles is 1. The Morgan fingerprint density at radius 2 is 2.12 bits per heavy atom. The second-order valence-corrected chi connectivity index (χ2v) is 8.98. The van der Waals surface area contributed by atoms with Gasteiger partial charge < -0.3 is 19.9 Å². The number of fused-ring (bicyclic) bond motifs is 1. The van der Waals surface area contributed by atoms with Gasteiger partial charge in [-0.1, -0.05) is 12.1 Å². The Hall–Kier alpha value is -3.70. The lowest BCUT2D eigenvalue weighted by Crippen LogP contribution is -2.40. The number of imidazole rings is 1. The van der Waals surface area contributed by atoms with E-state index in [0.717, 1.165) is 42.5 Å². The molecule has 0 unspecified atom stereocenters. The first-order valence-electron chi connectivity index (χ1n) is 11.6. The second-order valence-electron chi connectivity index (χ2n) is 8.98. The van der Waals surface area contributed by atoms with Crippen LogP contribution >= 0.6 is 0 Å². The minimum absolute atomic E-state index is 0.00644. The number of carbonyl (C=O) groups excluding carboxylic acids is 1. The maximum atomic E-state index is 14.0. The van der Waals surface area contributed by atoms with Gasteiger partial charge in [-0.2, -0.15) is 5.26 Å². The van der Waals surface area contributed by atoms with Crippen molar-refractivity contribution in [2.45, 2.75) is 50.9 Å². The van der Waals surface area contributed by atoms with Crippen molar-refractivity contribution in [1.82, 2.24) is 19.8 Å². The van der Waals surface area contributed by atoms with Crippen LogP contribution in [0.1, 0.15) is 53.3 Å². The highest BCUT2D eigenvalue weighted by Gasteiger charge is 2.38. The maximum Gasteiger partial charge on any atom is 0.240 e. The van der Waals surface area contributed by atoms with E-state index in [1.807, 2.05) is 21.6 Å². The van der Waals surface area contributed by atoms with Gasteiger partial charge in [-0.05, 0) is 66.6 Å². The number of aromatic hydroxyl groups is 1. The normalized spacial score (nSPS) is 19.8. The summed E-state index contributed by atoms with van der Waals surface area (Å²) in [4.78, 5) is 19.4. The minimum atomic E-state index is -0.533. The SMILES string of the molecule is N#Cc1ccc(Cn2cncc2CN[C@H]2CCN([C@@H]3CCCc4ccc(O)cc43)C2=O)cc1F. The highest BCUT2D eigenvalue weighted by molar-refractivity contribution is 5.84. The second kappa shape index (κ2) is 9.27. The number of likely N-dealkylation sites (tertiary alicyclic amines) is 1. The van der Waals surface area contributed by atoms with E-state index in [2.05, 4.69) is 10.3 Å². The van der Waals surface area contributed by atoms with Gasteiger partial charge in [0, 0.05) is 25.8 Å². The summed E-state index contributed by atoms with van der Waals surface area (Å²) in [5, 5.41) is 22.3. The molecule has 1 fully saturated rings. The molecule has 7 nitrogen and oxygen atoms in total. The Bertz CT molecular complexity index is 1260. The van der Waals surface area contributed by atoms with Crippen LogP contribution in [-0.4, -0.2) is 38.1 Å². The van der Waals surface area contributed by atoms with Crippen LogP contribution in [0.5, 0.6) is 5.75 Å². The number of phenolic OH excluding ortho intramolecular Hbond substituents is 1. The average Bonchev–Trinajstić information content (AvgIpc) is 3.43. The number of hydrogen-bond acceptors (Lipinski definition) is 5. The molecule has 2 aromatic carbocycles. The fourth-order valence-corrected chi connectivity index (χ4v) is 5.10. The van der Waals surface area contributed by atoms with E-state index < -0.39 is 5.82 Å². The molecule has 1 aromatic heterocycles. The molecule has 1 aliphatic heterocycles. The van der Waals surface area contributed by atoms with Crippen LogP contribution in [-0.2, 0) is 24.3 Å². The Morgan fingerprint density at radius 1 is 1.24 bits per heavy atom. The Morgan fingerprint density at radius 3 is 2.94 bits per heavy atom. The lowest BCUT2D eigenvalue weighted by Gasteiger charge is -2.33. The summed E-state index contributed by atoms with van der Waals surface area (Å²) in [6.07, 6.45) is 7.05. The molecular weight excluding hydrogens is 433 g/mol. The Labute approximate surface area is 197 Å². The molecule has 2 N–H and O–H groups in total. The number of benzene rings is 2. The zero-order valence-electron chi connectivity index (χ0n) is 18.7. The molecule has 0 bridgehead atoms. The summed E-state index contributed by atoms with van der Waals surface area (Å²) in [6, 6.07) is 11.6. The molecule has 2 atom stereocenters. The van der Waals surface area contributed by atoms with Crippen molar-refractivity contribution in [3.63, 3.8) is 0 Å². The van der Waals surface area contributed by atoms with Crippen molar-refractivity contribution in [1.29, 1.82) is 5.26 Å². The van der Waals surface area contributed by atoms with Crippen LogP contribution in [0.3, 0.4) is 0 Å². The largest absolute Gasteiger partial charge is 0.508 e. The van der Waals surface area contributed by atoms with Gasteiger partial charge >= 0.3 is 0 Å². The number of aryl methyl sites for hydroxylation is 1. The van der Waals surface area contributed by atoms with E-state index in [4.69, 9.17) is 5.26 Å². The molecule has 1 aliphatic carbocycles. The number of halogens is 1. The van der Waals surface area contributed by atoms with Gasteiger partial charge in [-0.3, -0.25) is 4.79 Å². The van der Waals surface area contributed by atoms with E-state index in [1.54, 1.807) is 30.7 Å². The Balaban J connectivity index is 1.24. The molecule has 0 saturated carbocycles. The van der Waals surface area contributed by atoms with Gasteiger partial charge in [0.2, 0.25) is 5.91 Å². The predicted molar refractivity (Wildman–Crippen MR) is 123 cm³/mol. The third-order valence-electron chi connectivity index (χ3n) is 6.86. The number of phenols is 1. The number of nitrogens with zero attached hydrogens (tertiary/aromatic N) is 4. The molecule has 8 heteroatoms. The number of amides is 1. The summed E-state index contributed by atoms with van der Waals surface area (Å²) < 4.78 is 15.9. The van der Waals surface area contributed by atoms with Crippen LogP contribution in [0, 0.1) is 17.1 Å². The van der Waals surface area contributed by atoms with Crippen molar-refractivity contribution in [3.8, 4) is 11.8 Å². The van der Waals surface area contributed by atoms with Gasteiger partial charge in [0.25, 0.3) is 0 Å². The first kappa shape index (κ1) is 22.1. The fourth-order valence-electron chi connectivity index (χ4n) is 5.10. The topological polar surface area (TPSA) is 94.2 Å². The molecule has 1 amide bonds. The van der Waals surface area contributed by atoms with Crippen molar-refractivity contribution < 1.29 is 14.3 Å². The van der Waals surface area contributed by atoms with Crippen LogP contribution in [0.2, 0.25) is 0 Å². The van der Waals surface area contributed by atoms with Crippen LogP contribution in [0.4, 0.5) is 4.39 Å². The number of rotatable bonds is 6. The van der Waals surface area contributed by atoms with Crippen molar-refractivity contribution in [2.24, 2.45) is 0 Å². The third-order valence-corrected chi connectivity index (χ3v) is 6.86. The van der Waals surface area contributed by atoms with Gasteiger partial charge in [-0.25, -0.2) is 9.37 Å². The molecule has 2 aliphatic rings. The number of nitrogens with one attached hydrogen (secondary N) is 1. The lowest BCUT2D eigenvalue weighted by atomic mass is 9.86. The molecule has 174 valence electrons. The summed E-state index contributed by atoms with van der Waals surface area (Å²) >= 11 is 0. The molecule has 1 saturated heterocycles. The van der Waals surface area contributed by atoms with E-state index in [0.29, 0.717) is 19.6 Å². The van der Waals surface area contributed by atoms with E-state index in [1.165, 1.54) is 17.7 Å². The highest BCUT2D eigenvalue weighted by atomic mass is 19.1. The summed E-state index contributed by atoms with van der Waals surface area (Å²) in [6.45, 7) is 1.57. The van der Waals surface area contributed by atoms with E-state index in [-0.39, 0.29) is 29.3 Å². The monoisotopic (exact) mass is 459 g/mol. The zero-order valence-corrected chi connectivity index (χ0v) is 18.7. The lowest BCUT2D eigenvalue weighted by molar-refractivity contribution is -0.131. The summed E-state index contributed by atoms with van der Waals surface area (Å²) in [5.41, 5.74) is 3.92. The van der Waals surface area contributed by atoms with E-state index in [9.17, 15) is 14.3 Å². The fraction of sp³-hybridized carbons (Fsp3) is 0.346. The van der Waals surface area contributed by atoms with E-state index >= 15 is 0 Å². The quantitative estimate of drug-likeness (QED) is 0.589. The van der Waals surface area contributed by atoms with Crippen molar-refractivity contribution in [3.05, 3.63) is 82.7 Å². The number of hydrogen-bond donors (Lipinski definition) is 2. The first-order valence-corrected chi connectivity index (χ1v) is 11.6. The standard InChI is InChI=1S/C26H26FN5O2/c27-23-10-17(4-5-19(23)12-28)15-31-16-29-13-20(31)14-30-24-8-9-32(26(24)34)25-3-1-2-18-6-7-21(33)11-22(18)25/h4-7,10-11,13,16,24-25,30,33H,1-3,8-9,14-15H2/t24-,25+/m0/s1.